The third-order valence-corrected chi connectivity index (χ3v) is 7.10. The fraction of sp³-hybridized carbons (Fsp3) is 0.435. The zero-order chi connectivity index (χ0) is 20.7. The summed E-state index contributed by atoms with van der Waals surface area (Å²) in [5, 5.41) is 4.23. The van der Waals surface area contributed by atoms with Crippen LogP contribution in [0.25, 0.3) is 0 Å². The van der Waals surface area contributed by atoms with E-state index in [9.17, 15) is 8.42 Å². The van der Waals surface area contributed by atoms with E-state index in [0.29, 0.717) is 37.4 Å². The molecule has 5 nitrogen and oxygen atoms in total. The standard InChI is InChI=1S/C23H30N2O3S/c1-3-4-7-20-9-11-23(12-10-20)29(26,27)25-15-13-22(14-16-25)24-28-18-21-8-5-6-19(2)17-21/h5-6,8-12,17H,3-4,7,13-16,18H2,1-2H3. The van der Waals surface area contributed by atoms with Crippen molar-refractivity contribution in [1.82, 2.24) is 4.31 Å². The predicted molar refractivity (Wildman–Crippen MR) is 116 cm³/mol. The van der Waals surface area contributed by atoms with Crippen molar-refractivity contribution in [2.75, 3.05) is 13.1 Å². The van der Waals surface area contributed by atoms with Crippen molar-refractivity contribution >= 4 is 15.7 Å². The Morgan fingerprint density at radius 3 is 2.41 bits per heavy atom. The van der Waals surface area contributed by atoms with Gasteiger partial charge in [0.2, 0.25) is 10.0 Å². The highest BCUT2D eigenvalue weighted by Gasteiger charge is 2.28. The molecule has 2 aromatic rings. The van der Waals surface area contributed by atoms with Crippen molar-refractivity contribution in [1.29, 1.82) is 0 Å². The SMILES string of the molecule is CCCCc1ccc(S(=O)(=O)N2CCC(=NOCc3cccc(C)c3)CC2)cc1. The lowest BCUT2D eigenvalue weighted by Gasteiger charge is -2.26. The molecule has 1 fully saturated rings. The number of hydrogen-bond acceptors (Lipinski definition) is 4. The lowest BCUT2D eigenvalue weighted by Crippen LogP contribution is -2.38. The Kier molecular flexibility index (Phi) is 7.45. The topological polar surface area (TPSA) is 59.0 Å². The van der Waals surface area contributed by atoms with Crippen molar-refractivity contribution in [3.63, 3.8) is 0 Å². The van der Waals surface area contributed by atoms with E-state index in [2.05, 4.69) is 18.1 Å². The van der Waals surface area contributed by atoms with Gasteiger partial charge in [0.05, 0.1) is 10.6 Å². The Morgan fingerprint density at radius 2 is 1.76 bits per heavy atom. The summed E-state index contributed by atoms with van der Waals surface area (Å²) >= 11 is 0. The van der Waals surface area contributed by atoms with Crippen molar-refractivity contribution in [3.05, 3.63) is 65.2 Å². The van der Waals surface area contributed by atoms with Crippen molar-refractivity contribution in [2.45, 2.75) is 57.5 Å². The largest absolute Gasteiger partial charge is 0.391 e. The van der Waals surface area contributed by atoms with E-state index in [1.807, 2.05) is 37.3 Å². The molecule has 0 saturated carbocycles. The van der Waals surface area contributed by atoms with Crippen LogP contribution in [0.2, 0.25) is 0 Å². The van der Waals surface area contributed by atoms with Crippen LogP contribution in [-0.4, -0.2) is 31.5 Å². The monoisotopic (exact) mass is 414 g/mol. The number of sulfonamides is 1. The van der Waals surface area contributed by atoms with E-state index in [1.54, 1.807) is 16.4 Å². The molecule has 156 valence electrons. The van der Waals surface area contributed by atoms with Gasteiger partial charge in [0.15, 0.2) is 0 Å². The maximum Gasteiger partial charge on any atom is 0.243 e. The van der Waals surface area contributed by atoms with Crippen molar-refractivity contribution in [3.8, 4) is 0 Å². The van der Waals surface area contributed by atoms with E-state index in [-0.39, 0.29) is 0 Å². The summed E-state index contributed by atoms with van der Waals surface area (Å²) in [7, 11) is -3.45. The van der Waals surface area contributed by atoms with Gasteiger partial charge in [-0.1, -0.05) is 60.5 Å². The summed E-state index contributed by atoms with van der Waals surface area (Å²) in [5.74, 6) is 0. The zero-order valence-electron chi connectivity index (χ0n) is 17.3. The maximum absolute atomic E-state index is 12.9. The van der Waals surface area contributed by atoms with Crippen LogP contribution in [0, 0.1) is 6.92 Å². The van der Waals surface area contributed by atoms with Crippen LogP contribution in [0.1, 0.15) is 49.3 Å². The molecule has 0 atom stereocenters. The smallest absolute Gasteiger partial charge is 0.243 e. The summed E-state index contributed by atoms with van der Waals surface area (Å²) in [5.41, 5.74) is 4.37. The molecular weight excluding hydrogens is 384 g/mol. The van der Waals surface area contributed by atoms with Gasteiger partial charge in [0, 0.05) is 25.9 Å². The third-order valence-electron chi connectivity index (χ3n) is 5.19. The fourth-order valence-corrected chi connectivity index (χ4v) is 4.88. The van der Waals surface area contributed by atoms with E-state index in [4.69, 9.17) is 4.84 Å². The molecule has 0 aromatic heterocycles. The molecule has 2 aromatic carbocycles. The normalized spacial score (nSPS) is 15.3. The Bertz CT molecular complexity index is 927. The molecule has 1 heterocycles. The van der Waals surface area contributed by atoms with Crippen LogP contribution < -0.4 is 0 Å². The molecule has 1 saturated heterocycles. The van der Waals surface area contributed by atoms with Gasteiger partial charge in [-0.2, -0.15) is 4.31 Å². The lowest BCUT2D eigenvalue weighted by atomic mass is 10.1. The molecule has 0 bridgehead atoms. The van der Waals surface area contributed by atoms with Crippen LogP contribution in [0.3, 0.4) is 0 Å². The molecule has 0 radical (unpaired) electrons. The first kappa shape index (κ1) is 21.5. The molecule has 0 N–H and O–H groups in total. The highest BCUT2D eigenvalue weighted by molar-refractivity contribution is 7.89. The lowest BCUT2D eigenvalue weighted by molar-refractivity contribution is 0.128. The van der Waals surface area contributed by atoms with Gasteiger partial charge < -0.3 is 4.84 Å². The number of aryl methyl sites for hydroxylation is 2. The van der Waals surface area contributed by atoms with Crippen LogP contribution in [0.5, 0.6) is 0 Å². The highest BCUT2D eigenvalue weighted by Crippen LogP contribution is 2.21. The molecule has 29 heavy (non-hydrogen) atoms. The number of unbranched alkanes of at least 4 members (excludes halogenated alkanes) is 1. The van der Waals surface area contributed by atoms with Crippen molar-refractivity contribution < 1.29 is 13.3 Å². The molecule has 0 unspecified atom stereocenters. The van der Waals surface area contributed by atoms with E-state index in [1.165, 1.54) is 11.1 Å². The fourth-order valence-electron chi connectivity index (χ4n) is 3.43. The summed E-state index contributed by atoms with van der Waals surface area (Å²) < 4.78 is 27.4. The average Bonchev–Trinajstić information content (AvgIpc) is 2.73. The summed E-state index contributed by atoms with van der Waals surface area (Å²) in [6.07, 6.45) is 4.44. The van der Waals surface area contributed by atoms with Gasteiger partial charge in [0.1, 0.15) is 6.61 Å². The number of oxime groups is 1. The second-order valence-electron chi connectivity index (χ2n) is 7.57. The molecule has 6 heteroatoms. The van der Waals surface area contributed by atoms with Gasteiger partial charge in [-0.05, 0) is 43.0 Å². The Morgan fingerprint density at radius 1 is 1.03 bits per heavy atom. The van der Waals surface area contributed by atoms with Gasteiger partial charge in [-0.25, -0.2) is 8.42 Å². The minimum Gasteiger partial charge on any atom is -0.391 e. The summed E-state index contributed by atoms with van der Waals surface area (Å²) in [4.78, 5) is 5.85. The first-order chi connectivity index (χ1) is 14.0. The van der Waals surface area contributed by atoms with Gasteiger partial charge in [-0.3, -0.25) is 0 Å². The van der Waals surface area contributed by atoms with E-state index < -0.39 is 10.0 Å². The van der Waals surface area contributed by atoms with Crippen LogP contribution >= 0.6 is 0 Å². The van der Waals surface area contributed by atoms with Gasteiger partial charge in [-0.15, -0.1) is 0 Å². The van der Waals surface area contributed by atoms with Crippen molar-refractivity contribution in [2.24, 2.45) is 5.16 Å². The molecule has 0 aliphatic carbocycles. The van der Waals surface area contributed by atoms with Gasteiger partial charge >= 0.3 is 0 Å². The highest BCUT2D eigenvalue weighted by atomic mass is 32.2. The van der Waals surface area contributed by atoms with Crippen LogP contribution in [0.4, 0.5) is 0 Å². The first-order valence-corrected chi connectivity index (χ1v) is 11.8. The second-order valence-corrected chi connectivity index (χ2v) is 9.51. The number of nitrogens with zero attached hydrogens (tertiary/aromatic N) is 2. The molecular formula is C23H30N2O3S. The zero-order valence-corrected chi connectivity index (χ0v) is 18.1. The maximum atomic E-state index is 12.9. The number of rotatable bonds is 8. The molecule has 0 amide bonds. The number of benzene rings is 2. The number of piperidine rings is 1. The minimum absolute atomic E-state index is 0.369. The Hall–Kier alpha value is -2.18. The summed E-state index contributed by atoms with van der Waals surface area (Å²) in [6, 6.07) is 15.4. The number of hydrogen-bond donors (Lipinski definition) is 0. The van der Waals surface area contributed by atoms with Crippen LogP contribution in [-0.2, 0) is 27.9 Å². The predicted octanol–water partition coefficient (Wildman–Crippen LogP) is 4.69. The Balaban J connectivity index is 1.53. The molecule has 3 rings (SSSR count). The molecule has 1 aliphatic rings. The first-order valence-electron chi connectivity index (χ1n) is 10.3. The quantitative estimate of drug-likeness (QED) is 0.589. The van der Waals surface area contributed by atoms with E-state index in [0.717, 1.165) is 30.5 Å². The third kappa shape index (κ3) is 5.90. The Labute approximate surface area is 174 Å². The summed E-state index contributed by atoms with van der Waals surface area (Å²) in [6.45, 7) is 5.50. The molecule has 1 aliphatic heterocycles. The van der Waals surface area contributed by atoms with Crippen LogP contribution in [0.15, 0.2) is 58.6 Å². The van der Waals surface area contributed by atoms with Gasteiger partial charge in [0.25, 0.3) is 0 Å². The average molecular weight is 415 g/mol. The minimum atomic E-state index is -3.45. The molecule has 0 spiro atoms. The van der Waals surface area contributed by atoms with E-state index >= 15 is 0 Å². The second kappa shape index (κ2) is 10.0.